The Kier molecular flexibility index (Phi) is 6.04. The van der Waals surface area contributed by atoms with Crippen LogP contribution in [0.2, 0.25) is 0 Å². The summed E-state index contributed by atoms with van der Waals surface area (Å²) in [6, 6.07) is 13.3. The number of nitrogens with two attached hydrogens (primary N) is 1. The van der Waals surface area contributed by atoms with Crippen LogP contribution in [0.1, 0.15) is 55.4 Å². The molecular formula is C28H31N2O5S+. The van der Waals surface area contributed by atoms with Crippen molar-refractivity contribution in [3.63, 3.8) is 0 Å². The number of hydrogen-bond donors (Lipinski definition) is 2. The van der Waals surface area contributed by atoms with Crippen molar-refractivity contribution in [2.24, 2.45) is 0 Å². The predicted octanol–water partition coefficient (Wildman–Crippen LogP) is 4.97. The van der Waals surface area contributed by atoms with Gasteiger partial charge in [0.2, 0.25) is 0 Å². The first-order valence-electron chi connectivity index (χ1n) is 12.1. The van der Waals surface area contributed by atoms with Crippen LogP contribution in [-0.4, -0.2) is 30.6 Å². The number of carbonyl (C=O) groups is 2. The number of furan rings is 1. The Labute approximate surface area is 213 Å². The molecule has 2 aromatic heterocycles. The maximum Gasteiger partial charge on any atom is 0.341 e. The third-order valence-corrected chi connectivity index (χ3v) is 7.91. The summed E-state index contributed by atoms with van der Waals surface area (Å²) in [5, 5.41) is 7.68. The fourth-order valence-electron chi connectivity index (χ4n) is 5.32. The van der Waals surface area contributed by atoms with E-state index in [-0.39, 0.29) is 30.2 Å². The van der Waals surface area contributed by atoms with E-state index in [4.69, 9.17) is 13.9 Å². The molecule has 1 aliphatic heterocycles. The Morgan fingerprint density at radius 3 is 2.61 bits per heavy atom. The highest BCUT2D eigenvalue weighted by atomic mass is 32.1. The smallest absolute Gasteiger partial charge is 0.341 e. The van der Waals surface area contributed by atoms with E-state index >= 15 is 0 Å². The molecule has 0 saturated heterocycles. The number of carbonyl (C=O) groups excluding carboxylic acids is 2. The van der Waals surface area contributed by atoms with Gasteiger partial charge in [-0.1, -0.05) is 18.2 Å². The average Bonchev–Trinajstić information content (AvgIpc) is 3.35. The molecule has 3 heterocycles. The number of esters is 1. The van der Waals surface area contributed by atoms with Gasteiger partial charge < -0.3 is 24.5 Å². The molecule has 7 nitrogen and oxygen atoms in total. The van der Waals surface area contributed by atoms with E-state index in [1.165, 1.54) is 11.3 Å². The van der Waals surface area contributed by atoms with Crippen LogP contribution < -0.4 is 15.4 Å². The van der Waals surface area contributed by atoms with E-state index in [0.29, 0.717) is 22.7 Å². The summed E-state index contributed by atoms with van der Waals surface area (Å²) in [6.07, 6.45) is 0.710. The van der Waals surface area contributed by atoms with Gasteiger partial charge in [-0.25, -0.2) is 4.79 Å². The summed E-state index contributed by atoms with van der Waals surface area (Å²) in [6.45, 7) is 10.5. The molecule has 3 N–H and O–H groups in total. The van der Waals surface area contributed by atoms with Gasteiger partial charge >= 0.3 is 5.97 Å². The molecule has 0 unspecified atom stereocenters. The molecule has 0 atom stereocenters. The van der Waals surface area contributed by atoms with Crippen molar-refractivity contribution in [1.82, 2.24) is 0 Å². The second-order valence-corrected chi connectivity index (χ2v) is 11.5. The van der Waals surface area contributed by atoms with E-state index in [9.17, 15) is 9.59 Å². The number of benzene rings is 2. The first-order chi connectivity index (χ1) is 17.1. The van der Waals surface area contributed by atoms with Gasteiger partial charge in [-0.05, 0) is 64.4 Å². The number of rotatable bonds is 6. The number of hydrogen-bond acceptors (Lipinski definition) is 6. The summed E-state index contributed by atoms with van der Waals surface area (Å²) in [5.74, 6) is -0.174. The summed E-state index contributed by atoms with van der Waals surface area (Å²) in [5.41, 5.74) is 2.68. The van der Waals surface area contributed by atoms with Gasteiger partial charge in [-0.15, -0.1) is 11.3 Å². The maximum absolute atomic E-state index is 13.0. The van der Waals surface area contributed by atoms with Crippen molar-refractivity contribution in [2.75, 3.05) is 18.5 Å². The SMILES string of the molecule is CCOC(=O)c1c(NC(=O)COc2ccc3oc4ccccc4c3c2)sc2c1CC(C)(C)[NH2+]C2(C)C. The van der Waals surface area contributed by atoms with Crippen molar-refractivity contribution >= 4 is 50.2 Å². The lowest BCUT2D eigenvalue weighted by molar-refractivity contribution is -0.789. The first kappa shape index (κ1) is 24.3. The number of para-hydroxylation sites is 1. The average molecular weight is 508 g/mol. The number of fused-ring (bicyclic) bond motifs is 4. The molecule has 5 rings (SSSR count). The largest absolute Gasteiger partial charge is 0.484 e. The molecule has 2 aromatic carbocycles. The Hall–Kier alpha value is -3.36. The minimum Gasteiger partial charge on any atom is -0.484 e. The highest BCUT2D eigenvalue weighted by Crippen LogP contribution is 2.42. The van der Waals surface area contributed by atoms with Gasteiger partial charge in [0.15, 0.2) is 6.61 Å². The van der Waals surface area contributed by atoms with Crippen LogP contribution in [0, 0.1) is 0 Å². The molecule has 4 aromatic rings. The number of nitrogens with one attached hydrogen (secondary N) is 1. The molecule has 0 fully saturated rings. The normalized spacial score (nSPS) is 16.0. The van der Waals surface area contributed by atoms with Crippen LogP contribution in [0.4, 0.5) is 5.00 Å². The van der Waals surface area contributed by atoms with Gasteiger partial charge in [-0.3, -0.25) is 4.79 Å². The van der Waals surface area contributed by atoms with Gasteiger partial charge in [-0.2, -0.15) is 0 Å². The summed E-state index contributed by atoms with van der Waals surface area (Å²) in [7, 11) is 0. The van der Waals surface area contributed by atoms with E-state index in [2.05, 4.69) is 38.3 Å². The second kappa shape index (κ2) is 8.94. The van der Waals surface area contributed by atoms with Crippen LogP contribution in [0.5, 0.6) is 5.75 Å². The summed E-state index contributed by atoms with van der Waals surface area (Å²) >= 11 is 1.45. The van der Waals surface area contributed by atoms with E-state index in [1.54, 1.807) is 13.0 Å². The lowest BCUT2D eigenvalue weighted by Gasteiger charge is -2.38. The Balaban J connectivity index is 1.38. The number of ether oxygens (including phenoxy) is 2. The van der Waals surface area contributed by atoms with Crippen molar-refractivity contribution in [1.29, 1.82) is 0 Å². The minimum atomic E-state index is -0.406. The zero-order valence-corrected chi connectivity index (χ0v) is 22.0. The predicted molar refractivity (Wildman–Crippen MR) is 141 cm³/mol. The Morgan fingerprint density at radius 2 is 1.83 bits per heavy atom. The zero-order chi connectivity index (χ0) is 25.7. The fourth-order valence-corrected chi connectivity index (χ4v) is 6.61. The number of anilines is 1. The molecule has 1 aliphatic rings. The van der Waals surface area contributed by atoms with Gasteiger partial charge in [0, 0.05) is 17.2 Å². The van der Waals surface area contributed by atoms with Crippen molar-refractivity contribution < 1.29 is 28.8 Å². The third kappa shape index (κ3) is 4.47. The number of amides is 1. The van der Waals surface area contributed by atoms with Crippen LogP contribution in [-0.2, 0) is 21.5 Å². The maximum atomic E-state index is 13.0. The van der Waals surface area contributed by atoms with Crippen LogP contribution in [0.15, 0.2) is 46.9 Å². The van der Waals surface area contributed by atoms with Crippen molar-refractivity contribution in [2.45, 2.75) is 52.1 Å². The molecule has 36 heavy (non-hydrogen) atoms. The van der Waals surface area contributed by atoms with E-state index in [0.717, 1.165) is 32.4 Å². The lowest BCUT2D eigenvalue weighted by Crippen LogP contribution is -3.03. The highest BCUT2D eigenvalue weighted by molar-refractivity contribution is 7.17. The molecule has 0 bridgehead atoms. The molecule has 0 aliphatic carbocycles. The molecule has 0 saturated carbocycles. The van der Waals surface area contributed by atoms with Crippen molar-refractivity contribution in [3.05, 3.63) is 58.5 Å². The van der Waals surface area contributed by atoms with E-state index in [1.807, 2.05) is 36.4 Å². The van der Waals surface area contributed by atoms with Gasteiger partial charge in [0.05, 0.1) is 22.6 Å². The third-order valence-electron chi connectivity index (χ3n) is 6.43. The zero-order valence-electron chi connectivity index (χ0n) is 21.2. The summed E-state index contributed by atoms with van der Waals surface area (Å²) in [4.78, 5) is 27.0. The molecular weight excluding hydrogens is 476 g/mol. The summed E-state index contributed by atoms with van der Waals surface area (Å²) < 4.78 is 17.1. The molecule has 8 heteroatoms. The van der Waals surface area contributed by atoms with Gasteiger partial charge in [0.25, 0.3) is 5.91 Å². The molecule has 0 radical (unpaired) electrons. The Morgan fingerprint density at radius 1 is 1.08 bits per heavy atom. The van der Waals surface area contributed by atoms with Crippen LogP contribution in [0.3, 0.4) is 0 Å². The van der Waals surface area contributed by atoms with Gasteiger partial charge in [0.1, 0.15) is 27.5 Å². The monoisotopic (exact) mass is 507 g/mol. The number of quaternary nitrogens is 1. The molecule has 0 spiro atoms. The standard InChI is InChI=1S/C28H30N2O5S/c1-6-33-26(32)23-19-14-27(2,3)30-28(4,5)24(19)36-25(23)29-22(31)15-34-16-11-12-21-18(13-16)17-9-7-8-10-20(17)35-21/h7-13,30H,6,14-15H2,1-5H3,(H,29,31)/p+1. The highest BCUT2D eigenvalue weighted by Gasteiger charge is 2.45. The topological polar surface area (TPSA) is 94.4 Å². The quantitative estimate of drug-likeness (QED) is 0.359. The molecule has 1 amide bonds. The Bertz CT molecular complexity index is 1480. The first-order valence-corrected chi connectivity index (χ1v) is 12.9. The fraction of sp³-hybridized carbons (Fsp3) is 0.357. The number of thiophene rings is 1. The van der Waals surface area contributed by atoms with Crippen LogP contribution >= 0.6 is 11.3 Å². The van der Waals surface area contributed by atoms with E-state index < -0.39 is 5.97 Å². The molecule has 188 valence electrons. The minimum absolute atomic E-state index is 0.0842. The second-order valence-electron chi connectivity index (χ2n) is 10.5. The van der Waals surface area contributed by atoms with Crippen LogP contribution in [0.25, 0.3) is 21.9 Å². The lowest BCUT2D eigenvalue weighted by atomic mass is 9.81. The van der Waals surface area contributed by atoms with Crippen molar-refractivity contribution in [3.8, 4) is 5.75 Å².